The monoisotopic (exact) mass is 501 g/mol. The molecule has 190 valence electrons. The van der Waals surface area contributed by atoms with E-state index in [2.05, 4.69) is 0 Å². The third-order valence-electron chi connectivity index (χ3n) is 6.18. The summed E-state index contributed by atoms with van der Waals surface area (Å²) < 4.78 is 15.7. The molecule has 8 heteroatoms. The quantitative estimate of drug-likeness (QED) is 0.214. The number of Topliss-reactive ketones (excluding diaryl/α,β-unsaturated/α-hetero) is 1. The molecule has 0 aliphatic carbocycles. The first-order valence-corrected chi connectivity index (χ1v) is 11.7. The van der Waals surface area contributed by atoms with Crippen LogP contribution < -0.4 is 14.4 Å². The standard InChI is InChI=1S/C29H27NO7/c1-5-37-29(34)20-7-6-8-21(16-20)30-25(18-9-12-22(35-3)13-10-18)24(27(32)28(30)33)26(31)19-11-14-23(36-4)17(2)15-19/h6-16,25,31H,5H2,1-4H3/b26-24+. The van der Waals surface area contributed by atoms with Crippen molar-refractivity contribution in [2.24, 2.45) is 0 Å². The number of ketones is 1. The highest BCUT2D eigenvalue weighted by molar-refractivity contribution is 6.51. The van der Waals surface area contributed by atoms with E-state index in [9.17, 15) is 19.5 Å². The summed E-state index contributed by atoms with van der Waals surface area (Å²) in [4.78, 5) is 40.4. The lowest BCUT2D eigenvalue weighted by molar-refractivity contribution is -0.132. The van der Waals surface area contributed by atoms with Crippen molar-refractivity contribution in [1.29, 1.82) is 0 Å². The molecule has 0 saturated carbocycles. The van der Waals surface area contributed by atoms with Crippen LogP contribution in [0.2, 0.25) is 0 Å². The molecule has 1 atom stereocenters. The van der Waals surface area contributed by atoms with E-state index in [0.29, 0.717) is 28.3 Å². The lowest BCUT2D eigenvalue weighted by Crippen LogP contribution is -2.29. The highest BCUT2D eigenvalue weighted by Crippen LogP contribution is 2.43. The Morgan fingerprint density at radius 3 is 2.30 bits per heavy atom. The van der Waals surface area contributed by atoms with Crippen LogP contribution in [0.15, 0.2) is 72.3 Å². The van der Waals surface area contributed by atoms with Crippen molar-refractivity contribution in [3.63, 3.8) is 0 Å². The number of carbonyl (C=O) groups excluding carboxylic acids is 3. The van der Waals surface area contributed by atoms with Crippen LogP contribution in [0.1, 0.15) is 40.0 Å². The second kappa shape index (κ2) is 10.6. The van der Waals surface area contributed by atoms with Gasteiger partial charge in [0.05, 0.1) is 38.0 Å². The fourth-order valence-corrected chi connectivity index (χ4v) is 4.38. The van der Waals surface area contributed by atoms with E-state index in [1.54, 1.807) is 74.7 Å². The summed E-state index contributed by atoms with van der Waals surface area (Å²) in [5, 5.41) is 11.3. The van der Waals surface area contributed by atoms with Crippen LogP contribution >= 0.6 is 0 Å². The van der Waals surface area contributed by atoms with Crippen molar-refractivity contribution in [1.82, 2.24) is 0 Å². The second-order valence-electron chi connectivity index (χ2n) is 8.40. The summed E-state index contributed by atoms with van der Waals surface area (Å²) in [5.41, 5.74) is 2.19. The first kappa shape index (κ1) is 25.5. The van der Waals surface area contributed by atoms with Gasteiger partial charge in [0, 0.05) is 11.3 Å². The third-order valence-corrected chi connectivity index (χ3v) is 6.18. The Balaban J connectivity index is 1.91. The third kappa shape index (κ3) is 4.78. The van der Waals surface area contributed by atoms with E-state index < -0.39 is 23.7 Å². The van der Waals surface area contributed by atoms with E-state index in [4.69, 9.17) is 14.2 Å². The summed E-state index contributed by atoms with van der Waals surface area (Å²) in [7, 11) is 3.08. The Bertz CT molecular complexity index is 1390. The summed E-state index contributed by atoms with van der Waals surface area (Å²) >= 11 is 0. The van der Waals surface area contributed by atoms with E-state index >= 15 is 0 Å². The molecule has 0 aromatic heterocycles. The maximum Gasteiger partial charge on any atom is 0.338 e. The van der Waals surface area contributed by atoms with Crippen LogP contribution in [0.4, 0.5) is 5.69 Å². The molecule has 1 unspecified atom stereocenters. The number of esters is 1. The van der Waals surface area contributed by atoms with Gasteiger partial charge < -0.3 is 19.3 Å². The number of aliphatic hydroxyl groups is 1. The topological polar surface area (TPSA) is 102 Å². The molecule has 1 amide bonds. The molecule has 1 heterocycles. The molecular weight excluding hydrogens is 474 g/mol. The predicted octanol–water partition coefficient (Wildman–Crippen LogP) is 4.82. The number of nitrogens with zero attached hydrogens (tertiary/aromatic N) is 1. The van der Waals surface area contributed by atoms with Crippen molar-refractivity contribution in [2.75, 3.05) is 25.7 Å². The average Bonchev–Trinajstić information content (AvgIpc) is 3.18. The second-order valence-corrected chi connectivity index (χ2v) is 8.40. The molecule has 8 nitrogen and oxygen atoms in total. The number of rotatable bonds is 7. The molecule has 1 aliphatic rings. The average molecular weight is 502 g/mol. The van der Waals surface area contributed by atoms with Crippen molar-refractivity contribution in [3.05, 3.63) is 94.6 Å². The van der Waals surface area contributed by atoms with E-state index in [1.165, 1.54) is 18.1 Å². The van der Waals surface area contributed by atoms with Crippen LogP contribution in [0.25, 0.3) is 5.76 Å². The molecule has 1 N–H and O–H groups in total. The van der Waals surface area contributed by atoms with Crippen molar-refractivity contribution in [2.45, 2.75) is 19.9 Å². The fourth-order valence-electron chi connectivity index (χ4n) is 4.38. The molecule has 1 aliphatic heterocycles. The molecule has 0 bridgehead atoms. The van der Waals surface area contributed by atoms with Gasteiger partial charge in [-0.25, -0.2) is 4.79 Å². The van der Waals surface area contributed by atoms with Gasteiger partial charge in [-0.05, 0) is 73.5 Å². The van der Waals surface area contributed by atoms with Crippen LogP contribution in [-0.4, -0.2) is 43.6 Å². The van der Waals surface area contributed by atoms with Crippen LogP contribution in [0, 0.1) is 6.92 Å². The smallest absolute Gasteiger partial charge is 0.338 e. The van der Waals surface area contributed by atoms with Gasteiger partial charge in [0.2, 0.25) is 0 Å². The number of ether oxygens (including phenoxy) is 3. The zero-order chi connectivity index (χ0) is 26.7. The SMILES string of the molecule is CCOC(=O)c1cccc(N2C(=O)C(=O)/C(=C(/O)c3ccc(OC)c(C)c3)C2c2ccc(OC)cc2)c1. The van der Waals surface area contributed by atoms with Gasteiger partial charge in [-0.3, -0.25) is 14.5 Å². The molecule has 0 radical (unpaired) electrons. The molecule has 3 aromatic rings. The van der Waals surface area contributed by atoms with E-state index in [0.717, 1.165) is 5.56 Å². The number of methoxy groups -OCH3 is 2. The maximum atomic E-state index is 13.4. The number of hydrogen-bond donors (Lipinski definition) is 1. The van der Waals surface area contributed by atoms with Gasteiger partial charge in [0.1, 0.15) is 17.3 Å². The molecule has 3 aromatic carbocycles. The number of amides is 1. The number of benzene rings is 3. The van der Waals surface area contributed by atoms with E-state index in [-0.39, 0.29) is 23.5 Å². The Kier molecular flexibility index (Phi) is 7.29. The van der Waals surface area contributed by atoms with Gasteiger partial charge in [-0.1, -0.05) is 18.2 Å². The van der Waals surface area contributed by atoms with Gasteiger partial charge in [0.15, 0.2) is 0 Å². The Morgan fingerprint density at radius 2 is 1.68 bits per heavy atom. The van der Waals surface area contributed by atoms with Crippen molar-refractivity contribution in [3.8, 4) is 11.5 Å². The first-order chi connectivity index (χ1) is 17.8. The molecule has 1 saturated heterocycles. The van der Waals surface area contributed by atoms with E-state index in [1.807, 2.05) is 6.92 Å². The lowest BCUT2D eigenvalue weighted by Gasteiger charge is -2.26. The van der Waals surface area contributed by atoms with Crippen LogP contribution in [-0.2, 0) is 14.3 Å². The number of aryl methyl sites for hydroxylation is 1. The molecule has 4 rings (SSSR count). The summed E-state index contributed by atoms with van der Waals surface area (Å²) in [6.45, 7) is 3.71. The van der Waals surface area contributed by atoms with Gasteiger partial charge >= 0.3 is 5.97 Å². The largest absolute Gasteiger partial charge is 0.507 e. The molecular formula is C29H27NO7. The zero-order valence-electron chi connectivity index (χ0n) is 21.0. The van der Waals surface area contributed by atoms with Gasteiger partial charge in [-0.15, -0.1) is 0 Å². The summed E-state index contributed by atoms with van der Waals surface area (Å²) in [6.07, 6.45) is 0. The maximum absolute atomic E-state index is 13.4. The first-order valence-electron chi connectivity index (χ1n) is 11.7. The highest BCUT2D eigenvalue weighted by atomic mass is 16.5. The molecule has 37 heavy (non-hydrogen) atoms. The van der Waals surface area contributed by atoms with Crippen LogP contribution in [0.3, 0.4) is 0 Å². The number of aliphatic hydroxyl groups excluding tert-OH is 1. The predicted molar refractivity (Wildman–Crippen MR) is 138 cm³/mol. The summed E-state index contributed by atoms with van der Waals surface area (Å²) in [6, 6.07) is 17.2. The Hall–Kier alpha value is -4.59. The van der Waals surface area contributed by atoms with Gasteiger partial charge in [0.25, 0.3) is 11.7 Å². The zero-order valence-corrected chi connectivity index (χ0v) is 21.0. The minimum atomic E-state index is -0.953. The fraction of sp³-hybridized carbons (Fsp3) is 0.207. The number of carbonyl (C=O) groups is 3. The van der Waals surface area contributed by atoms with Crippen LogP contribution in [0.5, 0.6) is 11.5 Å². The number of hydrogen-bond acceptors (Lipinski definition) is 7. The van der Waals surface area contributed by atoms with Gasteiger partial charge in [-0.2, -0.15) is 0 Å². The normalized spacial score (nSPS) is 16.5. The van der Waals surface area contributed by atoms with Crippen molar-refractivity contribution >= 4 is 29.1 Å². The Morgan fingerprint density at radius 1 is 0.946 bits per heavy atom. The minimum Gasteiger partial charge on any atom is -0.507 e. The molecule has 1 fully saturated rings. The number of anilines is 1. The lowest BCUT2D eigenvalue weighted by atomic mass is 9.94. The Labute approximate surface area is 214 Å². The van der Waals surface area contributed by atoms with Crippen molar-refractivity contribution < 1.29 is 33.7 Å². The summed E-state index contributed by atoms with van der Waals surface area (Å²) in [5.74, 6) is -1.30. The minimum absolute atomic E-state index is 0.0683. The molecule has 0 spiro atoms. The highest BCUT2D eigenvalue weighted by Gasteiger charge is 2.47.